The van der Waals surface area contributed by atoms with Gasteiger partial charge in [-0.15, -0.1) is 0 Å². The Hall–Kier alpha value is -1.65. The average molecular weight is 375 g/mol. The van der Waals surface area contributed by atoms with Crippen LogP contribution >= 0.6 is 15.9 Å². The van der Waals surface area contributed by atoms with Gasteiger partial charge in [0.2, 0.25) is 5.91 Å². The van der Waals surface area contributed by atoms with E-state index in [1.165, 1.54) is 5.56 Å². The van der Waals surface area contributed by atoms with E-state index in [0.29, 0.717) is 6.54 Å². The molecule has 1 atom stereocenters. The highest BCUT2D eigenvalue weighted by molar-refractivity contribution is 9.10. The molecule has 0 radical (unpaired) electrons. The van der Waals surface area contributed by atoms with Gasteiger partial charge in [0.15, 0.2) is 0 Å². The van der Waals surface area contributed by atoms with Gasteiger partial charge in [-0.05, 0) is 36.7 Å². The lowest BCUT2D eigenvalue weighted by atomic mass is 10.1. The van der Waals surface area contributed by atoms with Crippen molar-refractivity contribution >= 4 is 21.8 Å². The minimum absolute atomic E-state index is 0.0796. The summed E-state index contributed by atoms with van der Waals surface area (Å²) in [4.78, 5) is 14.6. The summed E-state index contributed by atoms with van der Waals surface area (Å²) in [5.41, 5.74) is 2.32. The van der Waals surface area contributed by atoms with Crippen molar-refractivity contribution in [3.63, 3.8) is 0 Å². The van der Waals surface area contributed by atoms with Crippen LogP contribution in [-0.4, -0.2) is 23.9 Å². The van der Waals surface area contributed by atoms with Crippen LogP contribution in [0.3, 0.4) is 0 Å². The van der Waals surface area contributed by atoms with Crippen molar-refractivity contribution in [1.29, 1.82) is 0 Å². The van der Waals surface area contributed by atoms with E-state index in [2.05, 4.69) is 38.3 Å². The van der Waals surface area contributed by atoms with E-state index < -0.39 is 0 Å². The summed E-state index contributed by atoms with van der Waals surface area (Å²) in [6, 6.07) is 18.1. The Kier molecular flexibility index (Phi) is 6.81. The van der Waals surface area contributed by atoms with Crippen LogP contribution in [0.5, 0.6) is 0 Å². The molecule has 2 rings (SSSR count). The normalized spacial score (nSPS) is 12.2. The summed E-state index contributed by atoms with van der Waals surface area (Å²) in [5, 5.41) is 3.04. The van der Waals surface area contributed by atoms with Crippen molar-refractivity contribution < 1.29 is 4.79 Å². The molecule has 0 aliphatic carbocycles. The zero-order chi connectivity index (χ0) is 16.7. The fourth-order valence-corrected chi connectivity index (χ4v) is 2.85. The van der Waals surface area contributed by atoms with E-state index >= 15 is 0 Å². The van der Waals surface area contributed by atoms with Gasteiger partial charge in [-0.25, -0.2) is 0 Å². The molecule has 0 fully saturated rings. The van der Waals surface area contributed by atoms with Crippen LogP contribution in [0.25, 0.3) is 0 Å². The number of amides is 1. The molecule has 1 N–H and O–H groups in total. The summed E-state index contributed by atoms with van der Waals surface area (Å²) in [6.45, 7) is 3.37. The van der Waals surface area contributed by atoms with Crippen molar-refractivity contribution in [3.05, 3.63) is 70.2 Å². The minimum Gasteiger partial charge on any atom is -0.351 e. The van der Waals surface area contributed by atoms with Crippen LogP contribution in [0.2, 0.25) is 0 Å². The summed E-state index contributed by atoms with van der Waals surface area (Å²) in [5.74, 6) is 0.0796. The molecule has 0 spiro atoms. The first-order valence-electron chi connectivity index (χ1n) is 7.86. The maximum atomic E-state index is 12.5. The monoisotopic (exact) mass is 374 g/mol. The largest absolute Gasteiger partial charge is 0.351 e. The molecule has 0 heterocycles. The molecule has 2 aromatic rings. The zero-order valence-electron chi connectivity index (χ0n) is 13.6. The van der Waals surface area contributed by atoms with Crippen LogP contribution in [-0.2, 0) is 17.9 Å². The van der Waals surface area contributed by atoms with Gasteiger partial charge >= 0.3 is 0 Å². The van der Waals surface area contributed by atoms with Crippen LogP contribution in [0.15, 0.2) is 59.1 Å². The van der Waals surface area contributed by atoms with E-state index in [0.717, 1.165) is 23.0 Å². The Morgan fingerprint density at radius 3 is 2.35 bits per heavy atom. The second kappa shape index (κ2) is 8.85. The molecule has 1 amide bonds. The summed E-state index contributed by atoms with van der Waals surface area (Å²) in [6.07, 6.45) is 0.785. The SMILES string of the molecule is CC[C@@H](C(=O)NCc1ccccc1)N(C)Cc1ccc(Br)cc1. The van der Waals surface area contributed by atoms with Crippen molar-refractivity contribution in [2.45, 2.75) is 32.5 Å². The highest BCUT2D eigenvalue weighted by Crippen LogP contribution is 2.14. The smallest absolute Gasteiger partial charge is 0.237 e. The molecule has 2 aromatic carbocycles. The fourth-order valence-electron chi connectivity index (χ4n) is 2.59. The van der Waals surface area contributed by atoms with Crippen molar-refractivity contribution in [1.82, 2.24) is 10.2 Å². The van der Waals surface area contributed by atoms with Gasteiger partial charge in [0, 0.05) is 17.6 Å². The Morgan fingerprint density at radius 1 is 1.09 bits per heavy atom. The third kappa shape index (κ3) is 5.48. The molecular weight excluding hydrogens is 352 g/mol. The lowest BCUT2D eigenvalue weighted by Gasteiger charge is -2.26. The van der Waals surface area contributed by atoms with Gasteiger partial charge in [-0.2, -0.15) is 0 Å². The molecule has 0 aliphatic heterocycles. The quantitative estimate of drug-likeness (QED) is 0.794. The summed E-state index contributed by atoms with van der Waals surface area (Å²) < 4.78 is 1.07. The fraction of sp³-hybridized carbons (Fsp3) is 0.316. The van der Waals surface area contributed by atoms with E-state index in [4.69, 9.17) is 0 Å². The second-order valence-electron chi connectivity index (χ2n) is 5.67. The van der Waals surface area contributed by atoms with Gasteiger partial charge in [-0.1, -0.05) is 65.3 Å². The number of likely N-dealkylation sites (N-methyl/N-ethyl adjacent to an activating group) is 1. The molecule has 0 aromatic heterocycles. The van der Waals surface area contributed by atoms with Crippen LogP contribution in [0.1, 0.15) is 24.5 Å². The maximum absolute atomic E-state index is 12.5. The molecule has 0 unspecified atom stereocenters. The molecule has 3 nitrogen and oxygen atoms in total. The Morgan fingerprint density at radius 2 is 1.74 bits per heavy atom. The van der Waals surface area contributed by atoms with E-state index in [9.17, 15) is 4.79 Å². The lowest BCUT2D eigenvalue weighted by Crippen LogP contribution is -2.44. The highest BCUT2D eigenvalue weighted by Gasteiger charge is 2.21. The van der Waals surface area contributed by atoms with E-state index in [1.54, 1.807) is 0 Å². The molecule has 0 saturated carbocycles. The van der Waals surface area contributed by atoms with Gasteiger partial charge in [0.25, 0.3) is 0 Å². The van der Waals surface area contributed by atoms with Crippen LogP contribution in [0, 0.1) is 0 Å². The topological polar surface area (TPSA) is 32.3 Å². The average Bonchev–Trinajstić information content (AvgIpc) is 2.57. The summed E-state index contributed by atoms with van der Waals surface area (Å²) in [7, 11) is 2.00. The number of hydrogen-bond acceptors (Lipinski definition) is 2. The molecule has 122 valence electrons. The first-order chi connectivity index (χ1) is 11.1. The lowest BCUT2D eigenvalue weighted by molar-refractivity contribution is -0.126. The Labute approximate surface area is 146 Å². The van der Waals surface area contributed by atoms with Gasteiger partial charge in [0.1, 0.15) is 0 Å². The standard InChI is InChI=1S/C19H23BrN2O/c1-3-18(19(23)21-13-15-7-5-4-6-8-15)22(2)14-16-9-11-17(20)12-10-16/h4-12,18H,3,13-14H2,1-2H3,(H,21,23)/t18-/m0/s1. The van der Waals surface area contributed by atoms with Gasteiger partial charge < -0.3 is 5.32 Å². The third-order valence-electron chi connectivity index (χ3n) is 3.88. The minimum atomic E-state index is -0.123. The van der Waals surface area contributed by atoms with Crippen molar-refractivity contribution in [2.24, 2.45) is 0 Å². The second-order valence-corrected chi connectivity index (χ2v) is 6.58. The maximum Gasteiger partial charge on any atom is 0.237 e. The summed E-state index contributed by atoms with van der Waals surface area (Å²) >= 11 is 3.44. The number of nitrogens with zero attached hydrogens (tertiary/aromatic N) is 1. The van der Waals surface area contributed by atoms with E-state index in [1.807, 2.05) is 56.4 Å². The van der Waals surface area contributed by atoms with Gasteiger partial charge in [0.05, 0.1) is 6.04 Å². The number of nitrogens with one attached hydrogen (secondary N) is 1. The van der Waals surface area contributed by atoms with Crippen LogP contribution in [0.4, 0.5) is 0 Å². The predicted octanol–water partition coefficient (Wildman–Crippen LogP) is 3.98. The Balaban J connectivity index is 1.91. The molecule has 23 heavy (non-hydrogen) atoms. The number of rotatable bonds is 7. The predicted molar refractivity (Wildman–Crippen MR) is 98.0 cm³/mol. The molecule has 0 saturated heterocycles. The number of carbonyl (C=O) groups is 1. The number of hydrogen-bond donors (Lipinski definition) is 1. The molecule has 4 heteroatoms. The van der Waals surface area contributed by atoms with Gasteiger partial charge in [-0.3, -0.25) is 9.69 Å². The number of carbonyl (C=O) groups excluding carboxylic acids is 1. The molecule has 0 bridgehead atoms. The highest BCUT2D eigenvalue weighted by atomic mass is 79.9. The molecule has 0 aliphatic rings. The Bertz CT molecular complexity index is 613. The van der Waals surface area contributed by atoms with E-state index in [-0.39, 0.29) is 11.9 Å². The number of benzene rings is 2. The van der Waals surface area contributed by atoms with Crippen molar-refractivity contribution in [2.75, 3.05) is 7.05 Å². The van der Waals surface area contributed by atoms with Crippen molar-refractivity contribution in [3.8, 4) is 0 Å². The molecular formula is C19H23BrN2O. The third-order valence-corrected chi connectivity index (χ3v) is 4.40. The zero-order valence-corrected chi connectivity index (χ0v) is 15.2. The first-order valence-corrected chi connectivity index (χ1v) is 8.65. The van der Waals surface area contributed by atoms with Crippen LogP contribution < -0.4 is 5.32 Å². The number of halogens is 1. The first kappa shape index (κ1) is 17.7.